The number of nitrogens with one attached hydrogen (secondary N) is 1. The van der Waals surface area contributed by atoms with Gasteiger partial charge in [-0.2, -0.15) is 0 Å². The fraction of sp³-hybridized carbons (Fsp3) is 0.375. The molecule has 3 aromatic rings. The van der Waals surface area contributed by atoms with Crippen LogP contribution in [0.5, 0.6) is 5.75 Å². The summed E-state index contributed by atoms with van der Waals surface area (Å²) in [6.45, 7) is 2.51. The summed E-state index contributed by atoms with van der Waals surface area (Å²) in [6.07, 6.45) is 1.96. The number of hydrogen-bond donors (Lipinski definition) is 2. The Morgan fingerprint density at radius 3 is 2.52 bits per heavy atom. The lowest BCUT2D eigenvalue weighted by Gasteiger charge is -2.58. The summed E-state index contributed by atoms with van der Waals surface area (Å²) < 4.78 is 5.23. The minimum absolute atomic E-state index is 0.0737. The highest BCUT2D eigenvalue weighted by Crippen LogP contribution is 2.42. The van der Waals surface area contributed by atoms with E-state index in [1.165, 1.54) is 0 Å². The smallest absolute Gasteiger partial charge is 0.321 e. The molecule has 2 saturated heterocycles. The van der Waals surface area contributed by atoms with Gasteiger partial charge < -0.3 is 25.0 Å². The van der Waals surface area contributed by atoms with Crippen molar-refractivity contribution in [3.63, 3.8) is 0 Å². The number of carbonyl (C=O) groups is 1. The maximum absolute atomic E-state index is 13.4. The second-order valence-corrected chi connectivity index (χ2v) is 10.8. The standard InChI is InChI=1S/C32H37N5O3/c1-35(2)21-29-31(24-10-12-25(33-19-24)11-9-23-7-5-4-6-8-23)30-22-36(18-17-27(38)20-37(29)30)32(39)34-26-13-15-28(40-3)16-14-26/h4-8,10,12-16,19,27,29-31,38H,17-18,20-22H2,1-3H3,(H,34,39)/t27-,29+,30-,31-/m0/s1. The first-order valence-electron chi connectivity index (χ1n) is 13.7. The Hall–Kier alpha value is -3.90. The van der Waals surface area contributed by atoms with E-state index in [-0.39, 0.29) is 24.0 Å². The van der Waals surface area contributed by atoms with E-state index in [0.29, 0.717) is 31.7 Å². The number of hydrogen-bond acceptors (Lipinski definition) is 6. The molecule has 40 heavy (non-hydrogen) atoms. The van der Waals surface area contributed by atoms with Crippen LogP contribution in [0.15, 0.2) is 72.9 Å². The number of likely N-dealkylation sites (N-methyl/N-ethyl adjacent to an activating group) is 1. The molecule has 8 nitrogen and oxygen atoms in total. The minimum atomic E-state index is -0.501. The van der Waals surface area contributed by atoms with Crippen molar-refractivity contribution in [3.8, 4) is 17.6 Å². The zero-order valence-corrected chi connectivity index (χ0v) is 23.3. The average Bonchev–Trinajstić information content (AvgIpc) is 2.96. The van der Waals surface area contributed by atoms with Gasteiger partial charge in [-0.25, -0.2) is 9.78 Å². The molecule has 0 bridgehead atoms. The molecule has 2 N–H and O–H groups in total. The maximum Gasteiger partial charge on any atom is 0.321 e. The number of nitrogens with zero attached hydrogens (tertiary/aromatic N) is 4. The van der Waals surface area contributed by atoms with Crippen LogP contribution < -0.4 is 10.1 Å². The van der Waals surface area contributed by atoms with Gasteiger partial charge >= 0.3 is 6.03 Å². The van der Waals surface area contributed by atoms with Crippen molar-refractivity contribution in [2.45, 2.75) is 30.5 Å². The van der Waals surface area contributed by atoms with Crippen molar-refractivity contribution in [1.82, 2.24) is 19.7 Å². The summed E-state index contributed by atoms with van der Waals surface area (Å²) in [5.74, 6) is 7.23. The Kier molecular flexibility index (Phi) is 8.66. The fourth-order valence-corrected chi connectivity index (χ4v) is 5.69. The summed E-state index contributed by atoms with van der Waals surface area (Å²) in [7, 11) is 5.75. The van der Waals surface area contributed by atoms with E-state index in [4.69, 9.17) is 4.74 Å². The van der Waals surface area contributed by atoms with Crippen molar-refractivity contribution in [2.75, 3.05) is 52.7 Å². The van der Waals surface area contributed by atoms with E-state index in [1.807, 2.05) is 71.8 Å². The number of pyridine rings is 1. The molecule has 8 heteroatoms. The van der Waals surface area contributed by atoms with E-state index in [2.05, 4.69) is 52.1 Å². The molecule has 2 fully saturated rings. The van der Waals surface area contributed by atoms with Gasteiger partial charge in [-0.1, -0.05) is 30.2 Å². The van der Waals surface area contributed by atoms with Crippen molar-refractivity contribution in [2.24, 2.45) is 0 Å². The van der Waals surface area contributed by atoms with E-state index < -0.39 is 6.10 Å². The molecular weight excluding hydrogens is 502 g/mol. The minimum Gasteiger partial charge on any atom is -0.497 e. The van der Waals surface area contributed by atoms with Crippen molar-refractivity contribution in [3.05, 3.63) is 89.7 Å². The third kappa shape index (κ3) is 6.45. The second-order valence-electron chi connectivity index (χ2n) is 10.8. The molecule has 0 aliphatic carbocycles. The van der Waals surface area contributed by atoms with Gasteiger partial charge in [0.25, 0.3) is 0 Å². The number of aromatic nitrogens is 1. The number of fused-ring (bicyclic) bond motifs is 1. The summed E-state index contributed by atoms with van der Waals surface area (Å²) >= 11 is 0. The highest BCUT2D eigenvalue weighted by Gasteiger charge is 2.51. The van der Waals surface area contributed by atoms with Crippen LogP contribution in [0.1, 0.15) is 29.2 Å². The van der Waals surface area contributed by atoms with E-state index in [9.17, 15) is 9.90 Å². The van der Waals surface area contributed by atoms with Gasteiger partial charge in [-0.05, 0) is 74.5 Å². The van der Waals surface area contributed by atoms with Crippen LogP contribution in [0.3, 0.4) is 0 Å². The van der Waals surface area contributed by atoms with Gasteiger partial charge in [-0.15, -0.1) is 0 Å². The summed E-state index contributed by atoms with van der Waals surface area (Å²) in [5.41, 5.74) is 3.51. The molecule has 2 aliphatic heterocycles. The van der Waals surface area contributed by atoms with E-state index >= 15 is 0 Å². The number of ether oxygens (including phenoxy) is 1. The monoisotopic (exact) mass is 539 g/mol. The molecule has 2 aromatic carbocycles. The van der Waals surface area contributed by atoms with Gasteiger partial charge in [0.05, 0.1) is 13.2 Å². The Balaban J connectivity index is 1.36. The highest BCUT2D eigenvalue weighted by molar-refractivity contribution is 5.89. The van der Waals surface area contributed by atoms with Crippen molar-refractivity contribution in [1.29, 1.82) is 0 Å². The number of anilines is 1. The molecule has 4 atom stereocenters. The lowest BCUT2D eigenvalue weighted by atomic mass is 9.74. The molecule has 5 rings (SSSR count). The van der Waals surface area contributed by atoms with Crippen LogP contribution in [-0.4, -0.2) is 96.4 Å². The predicted octanol–water partition coefficient (Wildman–Crippen LogP) is 3.49. The van der Waals surface area contributed by atoms with Crippen LogP contribution in [0.4, 0.5) is 10.5 Å². The van der Waals surface area contributed by atoms with E-state index in [0.717, 1.165) is 29.1 Å². The first-order valence-corrected chi connectivity index (χ1v) is 13.7. The third-order valence-corrected chi connectivity index (χ3v) is 7.70. The molecule has 208 valence electrons. The lowest BCUT2D eigenvalue weighted by Crippen LogP contribution is -2.70. The van der Waals surface area contributed by atoms with Crippen molar-refractivity contribution >= 4 is 11.7 Å². The number of amides is 2. The van der Waals surface area contributed by atoms with E-state index in [1.54, 1.807) is 7.11 Å². The molecule has 0 saturated carbocycles. The first kappa shape index (κ1) is 27.7. The zero-order chi connectivity index (χ0) is 28.1. The van der Waals surface area contributed by atoms with Crippen LogP contribution in [0.2, 0.25) is 0 Å². The fourth-order valence-electron chi connectivity index (χ4n) is 5.69. The molecule has 0 spiro atoms. The molecule has 1 aromatic heterocycles. The number of methoxy groups -OCH3 is 1. The van der Waals surface area contributed by atoms with Gasteiger partial charge in [0.15, 0.2) is 0 Å². The van der Waals surface area contributed by atoms with Crippen LogP contribution in [0, 0.1) is 11.8 Å². The van der Waals surface area contributed by atoms with Gasteiger partial charge in [-0.3, -0.25) is 4.90 Å². The largest absolute Gasteiger partial charge is 0.497 e. The van der Waals surface area contributed by atoms with Crippen LogP contribution in [-0.2, 0) is 0 Å². The van der Waals surface area contributed by atoms with Crippen molar-refractivity contribution < 1.29 is 14.6 Å². The Morgan fingerprint density at radius 1 is 1.07 bits per heavy atom. The summed E-state index contributed by atoms with van der Waals surface area (Å²) in [5, 5.41) is 13.8. The number of aliphatic hydroxyl groups is 1. The molecule has 2 aliphatic rings. The molecule has 0 radical (unpaired) electrons. The summed E-state index contributed by atoms with van der Waals surface area (Å²) in [6, 6.07) is 21.4. The second kappa shape index (κ2) is 12.5. The van der Waals surface area contributed by atoms with Gasteiger partial charge in [0, 0.05) is 61.6 Å². The topological polar surface area (TPSA) is 81.2 Å². The average molecular weight is 540 g/mol. The summed E-state index contributed by atoms with van der Waals surface area (Å²) in [4.78, 5) is 24.4. The highest BCUT2D eigenvalue weighted by atomic mass is 16.5. The Labute approximate surface area is 236 Å². The van der Waals surface area contributed by atoms with Gasteiger partial charge in [0.1, 0.15) is 11.4 Å². The Morgan fingerprint density at radius 2 is 1.85 bits per heavy atom. The zero-order valence-electron chi connectivity index (χ0n) is 23.3. The number of carbonyl (C=O) groups excluding carboxylic acids is 1. The quantitative estimate of drug-likeness (QED) is 0.484. The van der Waals surface area contributed by atoms with Crippen LogP contribution in [0.25, 0.3) is 0 Å². The molecular formula is C32H37N5O3. The number of rotatable bonds is 5. The SMILES string of the molecule is COc1ccc(NC(=O)N2CC[C@H](O)CN3[C@H](CN(C)C)[C@H](c4ccc(C#Cc5ccccc5)nc4)[C@@H]3C2)cc1. The predicted molar refractivity (Wildman–Crippen MR) is 156 cm³/mol. The number of aliphatic hydroxyl groups excluding tert-OH is 1. The van der Waals surface area contributed by atoms with Gasteiger partial charge in [0.2, 0.25) is 0 Å². The maximum atomic E-state index is 13.4. The molecule has 0 unspecified atom stereocenters. The first-order chi connectivity index (χ1) is 19.4. The molecule has 2 amide bonds. The number of urea groups is 1. The van der Waals surface area contributed by atoms with Crippen LogP contribution >= 0.6 is 0 Å². The third-order valence-electron chi connectivity index (χ3n) is 7.70. The molecule has 3 heterocycles. The normalized spacial score (nSPS) is 22.7. The Bertz CT molecular complexity index is 1330. The number of benzene rings is 2. The lowest BCUT2D eigenvalue weighted by molar-refractivity contribution is -0.0736.